The van der Waals surface area contributed by atoms with E-state index in [4.69, 9.17) is 0 Å². The third kappa shape index (κ3) is 5.11. The van der Waals surface area contributed by atoms with Crippen molar-refractivity contribution in [3.8, 4) is 0 Å². The van der Waals surface area contributed by atoms with Crippen LogP contribution in [0.5, 0.6) is 0 Å². The van der Waals surface area contributed by atoms with Gasteiger partial charge in [-0.3, -0.25) is 0 Å². The topological polar surface area (TPSA) is 0 Å². The average molecular weight is 274 g/mol. The van der Waals surface area contributed by atoms with Crippen molar-refractivity contribution >= 4 is 0 Å². The number of hydrogen-bond acceptors (Lipinski definition) is 0. The lowest BCUT2D eigenvalue weighted by molar-refractivity contribution is 0.326. The fourth-order valence-electron chi connectivity index (χ4n) is 4.07. The Hall–Kier alpha value is -0.520. The lowest BCUT2D eigenvalue weighted by Gasteiger charge is -2.32. The van der Waals surface area contributed by atoms with Crippen molar-refractivity contribution in [2.45, 2.75) is 90.4 Å². The predicted octanol–water partition coefficient (Wildman–Crippen LogP) is 6.82. The molecule has 0 nitrogen and oxygen atoms in total. The molecule has 0 heteroatoms. The van der Waals surface area contributed by atoms with Crippen molar-refractivity contribution in [1.29, 1.82) is 0 Å². The van der Waals surface area contributed by atoms with Gasteiger partial charge in [0.2, 0.25) is 0 Å². The van der Waals surface area contributed by atoms with Crippen molar-refractivity contribution in [3.63, 3.8) is 0 Å². The summed E-state index contributed by atoms with van der Waals surface area (Å²) in [4.78, 5) is 0. The third-order valence-electron chi connectivity index (χ3n) is 5.30. The summed E-state index contributed by atoms with van der Waals surface area (Å²) in [5.74, 6) is 1.84. The lowest BCUT2D eigenvalue weighted by Crippen LogP contribution is -2.18. The summed E-state index contributed by atoms with van der Waals surface area (Å²) in [5.41, 5.74) is 1.83. The number of hydrogen-bond donors (Lipinski definition) is 0. The van der Waals surface area contributed by atoms with Crippen LogP contribution in [0.1, 0.15) is 90.4 Å². The zero-order valence-electron chi connectivity index (χ0n) is 13.6. The van der Waals surface area contributed by atoms with Crippen LogP contribution in [-0.4, -0.2) is 0 Å². The van der Waals surface area contributed by atoms with E-state index in [-0.39, 0.29) is 0 Å². The van der Waals surface area contributed by atoms with E-state index < -0.39 is 0 Å². The van der Waals surface area contributed by atoms with Gasteiger partial charge in [0.1, 0.15) is 0 Å². The van der Waals surface area contributed by atoms with E-state index in [1.807, 2.05) is 5.57 Å². The van der Waals surface area contributed by atoms with Crippen molar-refractivity contribution in [1.82, 2.24) is 0 Å². The second-order valence-corrected chi connectivity index (χ2v) is 6.91. The molecule has 0 N–H and O–H groups in total. The first-order valence-electron chi connectivity index (χ1n) is 9.28. The average Bonchev–Trinajstić information content (AvgIpc) is 2.53. The lowest BCUT2D eigenvalue weighted by atomic mass is 9.73. The Balaban J connectivity index is 1.97. The molecule has 0 aromatic heterocycles. The smallest absolute Gasteiger partial charge is 0.0197 e. The third-order valence-corrected chi connectivity index (χ3v) is 5.30. The SMILES string of the molecule is CCCCC=CC=C(C1CCCCC1)C1CCCCC1. The van der Waals surface area contributed by atoms with E-state index in [0.717, 1.165) is 11.8 Å². The van der Waals surface area contributed by atoms with Gasteiger partial charge in [0, 0.05) is 0 Å². The van der Waals surface area contributed by atoms with Crippen molar-refractivity contribution in [3.05, 3.63) is 23.8 Å². The summed E-state index contributed by atoms with van der Waals surface area (Å²) in [6.45, 7) is 2.28. The summed E-state index contributed by atoms with van der Waals surface area (Å²) >= 11 is 0. The van der Waals surface area contributed by atoms with Crippen LogP contribution in [0.4, 0.5) is 0 Å². The zero-order chi connectivity index (χ0) is 14.0. The van der Waals surface area contributed by atoms with E-state index in [2.05, 4.69) is 25.2 Å². The fourth-order valence-corrected chi connectivity index (χ4v) is 4.07. The van der Waals surface area contributed by atoms with Crippen molar-refractivity contribution in [2.24, 2.45) is 11.8 Å². The van der Waals surface area contributed by atoms with Gasteiger partial charge in [0.15, 0.2) is 0 Å². The summed E-state index contributed by atoms with van der Waals surface area (Å²) in [6.07, 6.45) is 25.9. The molecule has 114 valence electrons. The molecule has 0 aliphatic heterocycles. The molecule has 2 saturated carbocycles. The molecule has 0 radical (unpaired) electrons. The molecule has 0 atom stereocenters. The van der Waals surface area contributed by atoms with Crippen LogP contribution in [-0.2, 0) is 0 Å². The summed E-state index contributed by atoms with van der Waals surface area (Å²) in [6, 6.07) is 0. The monoisotopic (exact) mass is 274 g/mol. The van der Waals surface area contributed by atoms with Gasteiger partial charge in [0.25, 0.3) is 0 Å². The number of rotatable bonds is 6. The van der Waals surface area contributed by atoms with Crippen LogP contribution in [0.15, 0.2) is 23.8 Å². The Labute approximate surface area is 126 Å². The molecule has 0 bridgehead atoms. The Kier molecular flexibility index (Phi) is 7.47. The highest BCUT2D eigenvalue weighted by Crippen LogP contribution is 2.39. The van der Waals surface area contributed by atoms with Crippen molar-refractivity contribution in [2.75, 3.05) is 0 Å². The highest BCUT2D eigenvalue weighted by Gasteiger charge is 2.25. The first-order valence-corrected chi connectivity index (χ1v) is 9.28. The Bertz CT molecular complexity index is 278. The second-order valence-electron chi connectivity index (χ2n) is 6.91. The minimum Gasteiger partial charge on any atom is -0.0845 e. The summed E-state index contributed by atoms with van der Waals surface area (Å²) in [5, 5.41) is 0. The van der Waals surface area contributed by atoms with Crippen LogP contribution in [0.3, 0.4) is 0 Å². The van der Waals surface area contributed by atoms with Crippen LogP contribution in [0.2, 0.25) is 0 Å². The van der Waals surface area contributed by atoms with E-state index in [1.165, 1.54) is 83.5 Å². The Morgan fingerprint density at radius 2 is 1.40 bits per heavy atom. The van der Waals surface area contributed by atoms with Crippen LogP contribution >= 0.6 is 0 Å². The largest absolute Gasteiger partial charge is 0.0845 e. The first-order chi connectivity index (χ1) is 9.92. The molecule has 0 aromatic carbocycles. The van der Waals surface area contributed by atoms with Gasteiger partial charge in [0.05, 0.1) is 0 Å². The predicted molar refractivity (Wildman–Crippen MR) is 89.9 cm³/mol. The standard InChI is InChI=1S/C20H34/c1-2-3-4-5-12-17-20(18-13-8-6-9-14-18)19-15-10-7-11-16-19/h5,12,17-19H,2-4,6-11,13-16H2,1H3. The normalized spacial score (nSPS) is 22.2. The van der Waals surface area contributed by atoms with Gasteiger partial charge < -0.3 is 0 Å². The second kappa shape index (κ2) is 9.42. The number of allylic oxidation sites excluding steroid dienone is 4. The summed E-state index contributed by atoms with van der Waals surface area (Å²) < 4.78 is 0. The van der Waals surface area contributed by atoms with Gasteiger partial charge in [-0.05, 0) is 43.9 Å². The molecule has 20 heavy (non-hydrogen) atoms. The molecular weight excluding hydrogens is 240 g/mol. The molecule has 0 saturated heterocycles. The van der Waals surface area contributed by atoms with Crippen LogP contribution in [0, 0.1) is 11.8 Å². The molecule has 0 spiro atoms. The molecule has 2 aliphatic carbocycles. The molecular formula is C20H34. The fraction of sp³-hybridized carbons (Fsp3) is 0.800. The molecule has 0 aromatic rings. The summed E-state index contributed by atoms with van der Waals surface area (Å²) in [7, 11) is 0. The Morgan fingerprint density at radius 1 is 0.850 bits per heavy atom. The molecule has 0 heterocycles. The molecule has 2 fully saturated rings. The van der Waals surface area contributed by atoms with Crippen LogP contribution in [0.25, 0.3) is 0 Å². The maximum Gasteiger partial charge on any atom is -0.0197 e. The minimum atomic E-state index is 0.919. The maximum absolute atomic E-state index is 2.53. The van der Waals surface area contributed by atoms with Gasteiger partial charge in [-0.2, -0.15) is 0 Å². The molecule has 2 rings (SSSR count). The van der Waals surface area contributed by atoms with Gasteiger partial charge in [-0.15, -0.1) is 0 Å². The highest BCUT2D eigenvalue weighted by atomic mass is 14.3. The van der Waals surface area contributed by atoms with E-state index in [9.17, 15) is 0 Å². The van der Waals surface area contributed by atoms with Crippen LogP contribution < -0.4 is 0 Å². The number of unbranched alkanes of at least 4 members (excludes halogenated alkanes) is 2. The quantitative estimate of drug-likeness (QED) is 0.368. The maximum atomic E-state index is 2.53. The highest BCUT2D eigenvalue weighted by molar-refractivity contribution is 5.19. The van der Waals surface area contributed by atoms with Gasteiger partial charge in [-0.1, -0.05) is 82.1 Å². The van der Waals surface area contributed by atoms with E-state index >= 15 is 0 Å². The van der Waals surface area contributed by atoms with Gasteiger partial charge >= 0.3 is 0 Å². The molecule has 0 amide bonds. The minimum absolute atomic E-state index is 0.919. The van der Waals surface area contributed by atoms with E-state index in [0.29, 0.717) is 0 Å². The molecule has 0 unspecified atom stereocenters. The van der Waals surface area contributed by atoms with E-state index in [1.54, 1.807) is 0 Å². The Morgan fingerprint density at radius 3 is 1.90 bits per heavy atom. The van der Waals surface area contributed by atoms with Crippen molar-refractivity contribution < 1.29 is 0 Å². The first kappa shape index (κ1) is 15.9. The van der Waals surface area contributed by atoms with Gasteiger partial charge in [-0.25, -0.2) is 0 Å². The zero-order valence-corrected chi connectivity index (χ0v) is 13.6. The molecule has 2 aliphatic rings.